The Labute approximate surface area is 111 Å². The highest BCUT2D eigenvalue weighted by atomic mass is 16.5. The maximum atomic E-state index is 11.1. The molecule has 2 rings (SSSR count). The Morgan fingerprint density at radius 1 is 1.47 bits per heavy atom. The molecule has 1 amide bonds. The molecule has 1 heterocycles. The summed E-state index contributed by atoms with van der Waals surface area (Å²) >= 11 is 0. The number of benzene rings is 1. The minimum atomic E-state index is -0.137. The highest BCUT2D eigenvalue weighted by molar-refractivity contribution is 5.90. The second-order valence-electron chi connectivity index (χ2n) is 4.21. The summed E-state index contributed by atoms with van der Waals surface area (Å²) < 4.78 is 5.30. The average Bonchev–Trinajstić information content (AvgIpc) is 2.69. The zero-order valence-electron chi connectivity index (χ0n) is 11.1. The van der Waals surface area contributed by atoms with Gasteiger partial charge in [0, 0.05) is 18.2 Å². The molecule has 0 aliphatic carbocycles. The van der Waals surface area contributed by atoms with E-state index < -0.39 is 0 Å². The molecule has 0 unspecified atom stereocenters. The van der Waals surface area contributed by atoms with Gasteiger partial charge in [-0.05, 0) is 25.1 Å². The summed E-state index contributed by atoms with van der Waals surface area (Å²) in [5, 5.41) is 9.72. The number of aromatic nitrogens is 2. The van der Waals surface area contributed by atoms with Crippen LogP contribution in [0.4, 0.5) is 11.4 Å². The molecule has 0 aliphatic heterocycles. The van der Waals surface area contributed by atoms with Gasteiger partial charge in [0.05, 0.1) is 18.5 Å². The number of nitrogens with two attached hydrogens (primary N) is 1. The van der Waals surface area contributed by atoms with Crippen molar-refractivity contribution >= 4 is 17.3 Å². The van der Waals surface area contributed by atoms with Gasteiger partial charge in [-0.3, -0.25) is 9.89 Å². The molecule has 1 aromatic carbocycles. The first-order chi connectivity index (χ1) is 9.02. The van der Waals surface area contributed by atoms with Gasteiger partial charge in [-0.25, -0.2) is 0 Å². The third kappa shape index (κ3) is 2.52. The number of nitrogens with zero attached hydrogens (tertiary/aromatic N) is 1. The molecule has 4 N–H and O–H groups in total. The molecule has 0 saturated heterocycles. The van der Waals surface area contributed by atoms with Gasteiger partial charge >= 0.3 is 0 Å². The first-order valence-electron chi connectivity index (χ1n) is 5.79. The van der Waals surface area contributed by atoms with Crippen molar-refractivity contribution in [2.24, 2.45) is 0 Å². The molecule has 0 fully saturated rings. The minimum Gasteiger partial charge on any atom is -0.496 e. The van der Waals surface area contributed by atoms with Gasteiger partial charge in [-0.1, -0.05) is 0 Å². The summed E-state index contributed by atoms with van der Waals surface area (Å²) in [5.41, 5.74) is 9.35. The van der Waals surface area contributed by atoms with E-state index in [0.717, 1.165) is 11.3 Å². The van der Waals surface area contributed by atoms with Crippen molar-refractivity contribution in [3.05, 3.63) is 23.9 Å². The molecule has 0 atom stereocenters. The smallest absolute Gasteiger partial charge is 0.221 e. The minimum absolute atomic E-state index is 0.137. The molecular formula is C13H16N4O2. The van der Waals surface area contributed by atoms with E-state index in [-0.39, 0.29) is 5.91 Å². The molecular weight excluding hydrogens is 244 g/mol. The molecule has 6 nitrogen and oxygen atoms in total. The van der Waals surface area contributed by atoms with E-state index in [0.29, 0.717) is 22.8 Å². The van der Waals surface area contributed by atoms with Crippen LogP contribution in [0.15, 0.2) is 18.2 Å². The number of carbonyl (C=O) groups excluding carboxylic acids is 1. The molecule has 0 saturated carbocycles. The van der Waals surface area contributed by atoms with E-state index in [1.54, 1.807) is 25.3 Å². The summed E-state index contributed by atoms with van der Waals surface area (Å²) in [6, 6.07) is 5.32. The van der Waals surface area contributed by atoms with E-state index in [1.165, 1.54) is 6.92 Å². The second kappa shape index (κ2) is 5.01. The molecule has 0 spiro atoms. The Hall–Kier alpha value is -2.50. The molecule has 1 aromatic heterocycles. The monoisotopic (exact) mass is 260 g/mol. The topological polar surface area (TPSA) is 93.0 Å². The van der Waals surface area contributed by atoms with Crippen LogP contribution in [-0.4, -0.2) is 23.2 Å². The zero-order chi connectivity index (χ0) is 14.0. The lowest BCUT2D eigenvalue weighted by Crippen LogP contribution is -2.06. The second-order valence-corrected chi connectivity index (χ2v) is 4.21. The molecule has 19 heavy (non-hydrogen) atoms. The number of hydrogen-bond acceptors (Lipinski definition) is 4. The number of H-pyrrole nitrogens is 1. The Morgan fingerprint density at radius 2 is 2.21 bits per heavy atom. The predicted octanol–water partition coefficient (Wildman–Crippen LogP) is 1.93. The summed E-state index contributed by atoms with van der Waals surface area (Å²) in [6.45, 7) is 3.30. The Morgan fingerprint density at radius 3 is 2.74 bits per heavy atom. The summed E-state index contributed by atoms with van der Waals surface area (Å²) in [7, 11) is 1.58. The number of carbonyl (C=O) groups is 1. The summed E-state index contributed by atoms with van der Waals surface area (Å²) in [5.74, 6) is 0.509. The first kappa shape index (κ1) is 12.9. The quantitative estimate of drug-likeness (QED) is 0.786. The van der Waals surface area contributed by atoms with E-state index in [9.17, 15) is 4.79 Å². The van der Waals surface area contributed by atoms with E-state index in [4.69, 9.17) is 10.5 Å². The molecule has 2 aromatic rings. The Balaban J connectivity index is 2.53. The van der Waals surface area contributed by atoms with Crippen molar-refractivity contribution in [1.82, 2.24) is 10.2 Å². The normalized spacial score (nSPS) is 10.3. The maximum absolute atomic E-state index is 11.1. The number of nitrogen functional groups attached to an aromatic ring is 1. The van der Waals surface area contributed by atoms with Crippen molar-refractivity contribution in [3.63, 3.8) is 0 Å². The van der Waals surface area contributed by atoms with Crippen LogP contribution in [0.5, 0.6) is 5.75 Å². The van der Waals surface area contributed by atoms with Crippen LogP contribution < -0.4 is 15.8 Å². The van der Waals surface area contributed by atoms with Crippen LogP contribution >= 0.6 is 0 Å². The number of nitrogens with one attached hydrogen (secondary N) is 2. The SMILES string of the molecule is COc1ccc(NC(C)=O)cc1-c1n[nH]c(C)c1N. The number of anilines is 2. The lowest BCUT2D eigenvalue weighted by Gasteiger charge is -2.10. The van der Waals surface area contributed by atoms with Crippen molar-refractivity contribution in [3.8, 4) is 17.0 Å². The molecule has 0 bridgehead atoms. The van der Waals surface area contributed by atoms with Crippen molar-refractivity contribution < 1.29 is 9.53 Å². The van der Waals surface area contributed by atoms with Gasteiger partial charge in [0.1, 0.15) is 11.4 Å². The van der Waals surface area contributed by atoms with Crippen molar-refractivity contribution in [1.29, 1.82) is 0 Å². The van der Waals surface area contributed by atoms with E-state index in [1.807, 2.05) is 6.92 Å². The standard InChI is InChI=1S/C13H16N4O2/c1-7-12(14)13(17-16-7)10-6-9(15-8(2)18)4-5-11(10)19-3/h4-6H,14H2,1-3H3,(H,15,18)(H,16,17). The van der Waals surface area contributed by atoms with E-state index >= 15 is 0 Å². The molecule has 100 valence electrons. The number of aryl methyl sites for hydroxylation is 1. The van der Waals surface area contributed by atoms with Crippen LogP contribution in [0.25, 0.3) is 11.3 Å². The fraction of sp³-hybridized carbons (Fsp3) is 0.231. The third-order valence-electron chi connectivity index (χ3n) is 2.77. The van der Waals surface area contributed by atoms with E-state index in [2.05, 4.69) is 15.5 Å². The van der Waals surface area contributed by atoms with Crippen LogP contribution in [0.2, 0.25) is 0 Å². The largest absolute Gasteiger partial charge is 0.496 e. The molecule has 0 radical (unpaired) electrons. The van der Waals surface area contributed by atoms with Crippen LogP contribution in [-0.2, 0) is 4.79 Å². The number of amides is 1. The maximum Gasteiger partial charge on any atom is 0.221 e. The Kier molecular flexibility index (Phi) is 3.41. The number of aromatic amines is 1. The number of rotatable bonds is 3. The predicted molar refractivity (Wildman–Crippen MR) is 74.0 cm³/mol. The van der Waals surface area contributed by atoms with Crippen LogP contribution in [0.3, 0.4) is 0 Å². The Bertz CT molecular complexity index is 619. The summed E-state index contributed by atoms with van der Waals surface area (Å²) in [6.07, 6.45) is 0. The highest BCUT2D eigenvalue weighted by Gasteiger charge is 2.14. The van der Waals surface area contributed by atoms with Gasteiger partial charge in [0.25, 0.3) is 0 Å². The van der Waals surface area contributed by atoms with Gasteiger partial charge < -0.3 is 15.8 Å². The fourth-order valence-corrected chi connectivity index (χ4v) is 1.82. The van der Waals surface area contributed by atoms with Gasteiger partial charge in [0.2, 0.25) is 5.91 Å². The highest BCUT2D eigenvalue weighted by Crippen LogP contribution is 2.35. The summed E-state index contributed by atoms with van der Waals surface area (Å²) in [4.78, 5) is 11.1. The van der Waals surface area contributed by atoms with Gasteiger partial charge in [-0.15, -0.1) is 0 Å². The van der Waals surface area contributed by atoms with Gasteiger partial charge in [0.15, 0.2) is 0 Å². The molecule has 0 aliphatic rings. The van der Waals surface area contributed by atoms with Gasteiger partial charge in [-0.2, -0.15) is 5.10 Å². The lowest BCUT2D eigenvalue weighted by atomic mass is 10.1. The fourth-order valence-electron chi connectivity index (χ4n) is 1.82. The van der Waals surface area contributed by atoms with Crippen molar-refractivity contribution in [2.75, 3.05) is 18.2 Å². The number of methoxy groups -OCH3 is 1. The number of ether oxygens (including phenoxy) is 1. The first-order valence-corrected chi connectivity index (χ1v) is 5.79. The van der Waals surface area contributed by atoms with Crippen LogP contribution in [0, 0.1) is 6.92 Å². The zero-order valence-corrected chi connectivity index (χ0v) is 11.1. The van der Waals surface area contributed by atoms with Crippen LogP contribution in [0.1, 0.15) is 12.6 Å². The molecule has 6 heteroatoms. The van der Waals surface area contributed by atoms with Crippen molar-refractivity contribution in [2.45, 2.75) is 13.8 Å². The number of hydrogen-bond donors (Lipinski definition) is 3. The average molecular weight is 260 g/mol. The third-order valence-corrected chi connectivity index (χ3v) is 2.77. The lowest BCUT2D eigenvalue weighted by molar-refractivity contribution is -0.114.